The maximum Gasteiger partial charge on any atom is 0.227 e. The Morgan fingerprint density at radius 1 is 1.53 bits per heavy atom. The van der Waals surface area contributed by atoms with Gasteiger partial charge >= 0.3 is 0 Å². The Morgan fingerprint density at radius 3 is 3.12 bits per heavy atom. The first-order valence-corrected chi connectivity index (χ1v) is 5.91. The number of ether oxygens (including phenoxy) is 2. The van der Waals surface area contributed by atoms with Crippen molar-refractivity contribution in [2.75, 3.05) is 18.6 Å². The van der Waals surface area contributed by atoms with Gasteiger partial charge in [-0.15, -0.1) is 0 Å². The Kier molecular flexibility index (Phi) is 2.40. The third kappa shape index (κ3) is 1.55. The van der Waals surface area contributed by atoms with Crippen LogP contribution in [0.5, 0.6) is 11.5 Å². The number of rotatable bonds is 1. The third-order valence-corrected chi connectivity index (χ3v) is 3.54. The van der Waals surface area contributed by atoms with E-state index in [2.05, 4.69) is 0 Å². The van der Waals surface area contributed by atoms with Gasteiger partial charge in [-0.25, -0.2) is 0 Å². The SMILES string of the molecule is COc1cc2c(cc1Cl)OCC1CCC(=O)N21. The lowest BCUT2D eigenvalue weighted by atomic mass is 10.1. The molecule has 4 nitrogen and oxygen atoms in total. The molecule has 0 aliphatic carbocycles. The molecule has 90 valence electrons. The molecular weight excluding hydrogens is 242 g/mol. The minimum Gasteiger partial charge on any atom is -0.495 e. The Hall–Kier alpha value is -1.42. The summed E-state index contributed by atoms with van der Waals surface area (Å²) in [5.41, 5.74) is 0.769. The molecule has 1 aromatic carbocycles. The van der Waals surface area contributed by atoms with Gasteiger partial charge in [0.15, 0.2) is 0 Å². The predicted molar refractivity (Wildman–Crippen MR) is 64.0 cm³/mol. The molecule has 17 heavy (non-hydrogen) atoms. The molecule has 0 aromatic heterocycles. The van der Waals surface area contributed by atoms with Crippen LogP contribution in [-0.4, -0.2) is 25.7 Å². The fraction of sp³-hybridized carbons (Fsp3) is 0.417. The largest absolute Gasteiger partial charge is 0.495 e. The summed E-state index contributed by atoms with van der Waals surface area (Å²) < 4.78 is 10.8. The van der Waals surface area contributed by atoms with Crippen LogP contribution in [-0.2, 0) is 4.79 Å². The van der Waals surface area contributed by atoms with Crippen LogP contribution in [0.15, 0.2) is 12.1 Å². The van der Waals surface area contributed by atoms with Crippen LogP contribution < -0.4 is 14.4 Å². The summed E-state index contributed by atoms with van der Waals surface area (Å²) in [6, 6.07) is 3.63. The highest BCUT2D eigenvalue weighted by atomic mass is 35.5. The fourth-order valence-corrected chi connectivity index (χ4v) is 2.63. The van der Waals surface area contributed by atoms with Crippen molar-refractivity contribution in [2.45, 2.75) is 18.9 Å². The molecule has 5 heteroatoms. The number of anilines is 1. The second kappa shape index (κ2) is 3.81. The van der Waals surface area contributed by atoms with E-state index in [1.54, 1.807) is 24.1 Å². The molecular formula is C12H12ClNO3. The highest BCUT2D eigenvalue weighted by molar-refractivity contribution is 6.32. The van der Waals surface area contributed by atoms with Crippen molar-refractivity contribution in [3.8, 4) is 11.5 Å². The molecule has 1 amide bonds. The summed E-state index contributed by atoms with van der Waals surface area (Å²) in [6.45, 7) is 0.543. The van der Waals surface area contributed by atoms with Crippen LogP contribution in [0.4, 0.5) is 5.69 Å². The zero-order valence-corrected chi connectivity index (χ0v) is 10.2. The lowest BCUT2D eigenvalue weighted by Gasteiger charge is -2.32. The van der Waals surface area contributed by atoms with E-state index in [1.807, 2.05) is 0 Å². The van der Waals surface area contributed by atoms with Gasteiger partial charge in [0, 0.05) is 18.6 Å². The number of hydrogen-bond acceptors (Lipinski definition) is 3. The number of hydrogen-bond donors (Lipinski definition) is 0. The second-order valence-corrected chi connectivity index (χ2v) is 4.63. The van der Waals surface area contributed by atoms with Crippen molar-refractivity contribution in [1.29, 1.82) is 0 Å². The van der Waals surface area contributed by atoms with E-state index >= 15 is 0 Å². The molecule has 2 aliphatic rings. The maximum absolute atomic E-state index is 11.9. The standard InChI is InChI=1S/C12H12ClNO3/c1-16-10-5-9-11(4-8(10)13)17-6-7-2-3-12(15)14(7)9/h4-5,7H,2-3,6H2,1H3. The number of fused-ring (bicyclic) bond motifs is 3. The van der Waals surface area contributed by atoms with Crippen LogP contribution in [0.25, 0.3) is 0 Å². The Labute approximate surface area is 104 Å². The van der Waals surface area contributed by atoms with Crippen molar-refractivity contribution in [3.05, 3.63) is 17.2 Å². The quantitative estimate of drug-likeness (QED) is 0.771. The first kappa shape index (κ1) is 10.7. The van der Waals surface area contributed by atoms with Gasteiger partial charge in [0.2, 0.25) is 5.91 Å². The molecule has 2 heterocycles. The molecule has 2 aliphatic heterocycles. The molecule has 0 bridgehead atoms. The van der Waals surface area contributed by atoms with Crippen molar-refractivity contribution < 1.29 is 14.3 Å². The van der Waals surface area contributed by atoms with Crippen LogP contribution in [0.3, 0.4) is 0 Å². The van der Waals surface area contributed by atoms with Crippen LogP contribution in [0, 0.1) is 0 Å². The maximum atomic E-state index is 11.9. The van der Waals surface area contributed by atoms with Gasteiger partial charge in [0.25, 0.3) is 0 Å². The molecule has 3 rings (SSSR count). The number of carbonyl (C=O) groups is 1. The van der Waals surface area contributed by atoms with E-state index in [0.29, 0.717) is 29.5 Å². The van der Waals surface area contributed by atoms with E-state index in [1.165, 1.54) is 0 Å². The van der Waals surface area contributed by atoms with Gasteiger partial charge in [-0.1, -0.05) is 11.6 Å². The van der Waals surface area contributed by atoms with Crippen molar-refractivity contribution >= 4 is 23.2 Å². The number of benzene rings is 1. The number of carbonyl (C=O) groups excluding carboxylic acids is 1. The number of methoxy groups -OCH3 is 1. The first-order chi connectivity index (χ1) is 8.20. The molecule has 1 aromatic rings. The molecule has 0 saturated carbocycles. The average molecular weight is 254 g/mol. The molecule has 0 radical (unpaired) electrons. The lowest BCUT2D eigenvalue weighted by Crippen LogP contribution is -2.40. The highest BCUT2D eigenvalue weighted by Crippen LogP contribution is 2.43. The van der Waals surface area contributed by atoms with Crippen molar-refractivity contribution in [2.24, 2.45) is 0 Å². The molecule has 0 spiro atoms. The van der Waals surface area contributed by atoms with Gasteiger partial charge < -0.3 is 14.4 Å². The van der Waals surface area contributed by atoms with Crippen LogP contribution in [0.2, 0.25) is 5.02 Å². The summed E-state index contributed by atoms with van der Waals surface area (Å²) in [4.78, 5) is 13.7. The minimum absolute atomic E-state index is 0.143. The molecule has 1 atom stereocenters. The van der Waals surface area contributed by atoms with E-state index in [4.69, 9.17) is 21.1 Å². The van der Waals surface area contributed by atoms with E-state index in [9.17, 15) is 4.79 Å². The third-order valence-electron chi connectivity index (χ3n) is 3.25. The smallest absolute Gasteiger partial charge is 0.227 e. The van der Waals surface area contributed by atoms with Crippen molar-refractivity contribution in [1.82, 2.24) is 0 Å². The van der Waals surface area contributed by atoms with Crippen molar-refractivity contribution in [3.63, 3.8) is 0 Å². The van der Waals surface area contributed by atoms with Gasteiger partial charge in [-0.3, -0.25) is 4.79 Å². The summed E-state index contributed by atoms with van der Waals surface area (Å²) in [5, 5.41) is 0.497. The lowest BCUT2D eigenvalue weighted by molar-refractivity contribution is -0.117. The highest BCUT2D eigenvalue weighted by Gasteiger charge is 2.37. The summed E-state index contributed by atoms with van der Waals surface area (Å²) in [6.07, 6.45) is 1.43. The van der Waals surface area contributed by atoms with Crippen LogP contribution >= 0.6 is 11.6 Å². The monoisotopic (exact) mass is 253 g/mol. The summed E-state index contributed by atoms with van der Waals surface area (Å²) >= 11 is 6.03. The van der Waals surface area contributed by atoms with Gasteiger partial charge in [0.1, 0.15) is 18.1 Å². The zero-order chi connectivity index (χ0) is 12.0. The Morgan fingerprint density at radius 2 is 2.35 bits per heavy atom. The topological polar surface area (TPSA) is 38.8 Å². The molecule has 1 unspecified atom stereocenters. The number of amides is 1. The van der Waals surface area contributed by atoms with Gasteiger partial charge in [-0.05, 0) is 6.42 Å². The second-order valence-electron chi connectivity index (χ2n) is 4.22. The number of halogens is 1. The first-order valence-electron chi connectivity index (χ1n) is 5.53. The summed E-state index contributed by atoms with van der Waals surface area (Å²) in [5.74, 6) is 1.36. The predicted octanol–water partition coefficient (Wildman–Crippen LogP) is 2.24. The van der Waals surface area contributed by atoms with E-state index in [0.717, 1.165) is 12.1 Å². The summed E-state index contributed by atoms with van der Waals surface area (Å²) in [7, 11) is 1.56. The normalized spacial score (nSPS) is 21.9. The van der Waals surface area contributed by atoms with Gasteiger partial charge in [-0.2, -0.15) is 0 Å². The zero-order valence-electron chi connectivity index (χ0n) is 9.40. The fourth-order valence-electron chi connectivity index (χ4n) is 2.40. The van der Waals surface area contributed by atoms with E-state index < -0.39 is 0 Å². The Bertz CT molecular complexity index is 489. The molecule has 1 saturated heterocycles. The van der Waals surface area contributed by atoms with Gasteiger partial charge in [0.05, 0.1) is 23.9 Å². The van der Waals surface area contributed by atoms with Crippen LogP contribution in [0.1, 0.15) is 12.8 Å². The number of nitrogens with zero attached hydrogens (tertiary/aromatic N) is 1. The Balaban J connectivity index is 2.12. The van der Waals surface area contributed by atoms with E-state index in [-0.39, 0.29) is 11.9 Å². The molecule has 0 N–H and O–H groups in total. The average Bonchev–Trinajstić information content (AvgIpc) is 2.70. The minimum atomic E-state index is 0.143. The molecule has 1 fully saturated rings.